The molecule has 4 rings (SSSR count). The maximum Gasteiger partial charge on any atom is 0.261 e. The number of hydrogen-bond donors (Lipinski definition) is 1. The van der Waals surface area contributed by atoms with Crippen molar-refractivity contribution in [3.8, 4) is 0 Å². The smallest absolute Gasteiger partial charge is 0.261 e. The van der Waals surface area contributed by atoms with E-state index in [1.807, 2.05) is 13.8 Å². The van der Waals surface area contributed by atoms with Gasteiger partial charge in [-0.2, -0.15) is 20.4 Å². The molecule has 3 aromatic rings. The van der Waals surface area contributed by atoms with Crippen LogP contribution >= 0.6 is 0 Å². The molecule has 0 unspecified atom stereocenters. The third-order valence-corrected chi connectivity index (χ3v) is 4.50. The molecule has 1 aliphatic rings. The average molecular weight is 376 g/mol. The van der Waals surface area contributed by atoms with E-state index in [0.29, 0.717) is 17.7 Å². The van der Waals surface area contributed by atoms with Gasteiger partial charge in [-0.25, -0.2) is 0 Å². The predicted octanol–water partition coefficient (Wildman–Crippen LogP) is 1.82. The molecule has 0 bridgehead atoms. The lowest BCUT2D eigenvalue weighted by atomic mass is 10.1. The Morgan fingerprint density at radius 3 is 1.68 bits per heavy atom. The molecule has 28 heavy (non-hydrogen) atoms. The number of rotatable bonds is 3. The molecule has 2 N–H and O–H groups in total. The van der Waals surface area contributed by atoms with Crippen molar-refractivity contribution in [1.29, 1.82) is 0 Å². The Kier molecular flexibility index (Phi) is 5.81. The number of benzene rings is 1. The summed E-state index contributed by atoms with van der Waals surface area (Å²) in [5, 5.41) is 14.9. The highest BCUT2D eigenvalue weighted by Gasteiger charge is 2.35. The Hall–Kier alpha value is -3.52. The van der Waals surface area contributed by atoms with E-state index in [2.05, 4.69) is 20.4 Å². The van der Waals surface area contributed by atoms with E-state index in [-0.39, 0.29) is 18.4 Å². The van der Waals surface area contributed by atoms with Crippen LogP contribution in [0.5, 0.6) is 0 Å². The van der Waals surface area contributed by atoms with Gasteiger partial charge in [0.1, 0.15) is 0 Å². The van der Waals surface area contributed by atoms with Crippen molar-refractivity contribution >= 4 is 11.8 Å². The summed E-state index contributed by atoms with van der Waals surface area (Å²) in [4.78, 5) is 25.6. The van der Waals surface area contributed by atoms with Crippen molar-refractivity contribution in [3.05, 3.63) is 82.4 Å². The summed E-state index contributed by atoms with van der Waals surface area (Å²) in [7, 11) is 0. The Morgan fingerprint density at radius 1 is 0.786 bits per heavy atom. The highest BCUT2D eigenvalue weighted by molar-refractivity contribution is 6.21. The molecular weight excluding hydrogens is 356 g/mol. The van der Waals surface area contributed by atoms with Crippen molar-refractivity contribution in [1.82, 2.24) is 25.3 Å². The molecule has 142 valence electrons. The molecule has 0 radical (unpaired) electrons. The van der Waals surface area contributed by atoms with Gasteiger partial charge in [-0.05, 0) is 48.2 Å². The number of carbonyl (C=O) groups excluding carboxylic acids is 2. The van der Waals surface area contributed by atoms with E-state index < -0.39 is 0 Å². The fourth-order valence-corrected chi connectivity index (χ4v) is 2.75. The Labute approximate surface area is 162 Å². The van der Waals surface area contributed by atoms with Crippen LogP contribution in [0, 0.1) is 13.8 Å². The zero-order chi connectivity index (χ0) is 20.1. The van der Waals surface area contributed by atoms with E-state index in [1.54, 1.807) is 49.1 Å². The van der Waals surface area contributed by atoms with Crippen LogP contribution in [0.3, 0.4) is 0 Å². The van der Waals surface area contributed by atoms with Gasteiger partial charge in [-0.1, -0.05) is 12.1 Å². The van der Waals surface area contributed by atoms with Crippen LogP contribution in [-0.2, 0) is 13.1 Å². The monoisotopic (exact) mass is 376 g/mol. The van der Waals surface area contributed by atoms with Gasteiger partial charge in [-0.15, -0.1) is 0 Å². The molecule has 2 amide bonds. The second-order valence-corrected chi connectivity index (χ2v) is 6.34. The Morgan fingerprint density at radius 2 is 1.25 bits per heavy atom. The standard InChI is InChI=1S/C14H11N3O2.C6H9N3/c1-9-6-15-16-7-10(9)8-17-13(18)11-4-2-3-5-12(11)14(17)19;1-5-3-8-9-4-6(5)2-7/h2-7H,8H2,1H3;3-4H,2,7H2,1H3. The summed E-state index contributed by atoms with van der Waals surface area (Å²) < 4.78 is 0. The number of carbonyl (C=O) groups is 2. The lowest BCUT2D eigenvalue weighted by Gasteiger charge is -2.14. The number of aromatic nitrogens is 4. The first-order valence-electron chi connectivity index (χ1n) is 8.70. The third-order valence-electron chi connectivity index (χ3n) is 4.50. The largest absolute Gasteiger partial charge is 0.326 e. The summed E-state index contributed by atoms with van der Waals surface area (Å²) in [6.07, 6.45) is 6.60. The van der Waals surface area contributed by atoms with Gasteiger partial charge in [0, 0.05) is 6.54 Å². The molecule has 2 aromatic heterocycles. The lowest BCUT2D eigenvalue weighted by molar-refractivity contribution is 0.0642. The van der Waals surface area contributed by atoms with Crippen molar-refractivity contribution in [2.45, 2.75) is 26.9 Å². The molecule has 3 heterocycles. The summed E-state index contributed by atoms with van der Waals surface area (Å²) >= 11 is 0. The third kappa shape index (κ3) is 3.91. The number of fused-ring (bicyclic) bond motifs is 1. The minimum absolute atomic E-state index is 0.230. The quantitative estimate of drug-likeness (QED) is 0.693. The highest BCUT2D eigenvalue weighted by Crippen LogP contribution is 2.24. The Bertz CT molecular complexity index is 986. The van der Waals surface area contributed by atoms with Crippen molar-refractivity contribution in [2.24, 2.45) is 5.73 Å². The molecule has 0 saturated carbocycles. The van der Waals surface area contributed by atoms with Crippen molar-refractivity contribution < 1.29 is 9.59 Å². The molecule has 8 heteroatoms. The molecule has 1 aliphatic heterocycles. The van der Waals surface area contributed by atoms with Crippen molar-refractivity contribution in [3.63, 3.8) is 0 Å². The van der Waals surface area contributed by atoms with Crippen LogP contribution in [0.15, 0.2) is 49.1 Å². The SMILES string of the molecule is Cc1cnncc1CN.Cc1cnncc1CN1C(=O)c2ccccc2C1=O. The summed E-state index contributed by atoms with van der Waals surface area (Å²) in [5.41, 5.74) is 10.2. The Balaban J connectivity index is 0.000000211. The van der Waals surface area contributed by atoms with E-state index in [1.165, 1.54) is 4.90 Å². The van der Waals surface area contributed by atoms with Crippen LogP contribution in [-0.4, -0.2) is 37.1 Å². The fourth-order valence-electron chi connectivity index (χ4n) is 2.75. The number of nitrogens with zero attached hydrogens (tertiary/aromatic N) is 5. The van der Waals surface area contributed by atoms with E-state index in [4.69, 9.17) is 5.73 Å². The number of aryl methyl sites for hydroxylation is 2. The van der Waals surface area contributed by atoms with Gasteiger partial charge in [0.25, 0.3) is 11.8 Å². The normalized spacial score (nSPS) is 12.5. The maximum atomic E-state index is 12.2. The van der Waals surface area contributed by atoms with E-state index in [0.717, 1.165) is 22.3 Å². The van der Waals surface area contributed by atoms with Gasteiger partial charge < -0.3 is 5.73 Å². The summed E-state index contributed by atoms with van der Waals surface area (Å²) in [6, 6.07) is 6.86. The van der Waals surface area contributed by atoms with Crippen LogP contribution in [0.1, 0.15) is 43.0 Å². The topological polar surface area (TPSA) is 115 Å². The van der Waals surface area contributed by atoms with Gasteiger partial charge in [0.05, 0.1) is 42.5 Å². The van der Waals surface area contributed by atoms with Gasteiger partial charge >= 0.3 is 0 Å². The maximum absolute atomic E-state index is 12.2. The molecule has 1 aromatic carbocycles. The fraction of sp³-hybridized carbons (Fsp3) is 0.200. The number of amides is 2. The van der Waals surface area contributed by atoms with Crippen LogP contribution in [0.2, 0.25) is 0 Å². The van der Waals surface area contributed by atoms with Gasteiger partial charge in [-0.3, -0.25) is 14.5 Å². The van der Waals surface area contributed by atoms with Crippen LogP contribution in [0.25, 0.3) is 0 Å². The first kappa shape index (κ1) is 19.2. The predicted molar refractivity (Wildman–Crippen MR) is 102 cm³/mol. The first-order chi connectivity index (χ1) is 13.5. The van der Waals surface area contributed by atoms with Crippen LogP contribution < -0.4 is 5.73 Å². The zero-order valence-electron chi connectivity index (χ0n) is 15.7. The second-order valence-electron chi connectivity index (χ2n) is 6.34. The zero-order valence-corrected chi connectivity index (χ0v) is 15.7. The van der Waals surface area contributed by atoms with Gasteiger partial charge in [0.2, 0.25) is 0 Å². The molecule has 0 saturated heterocycles. The number of hydrogen-bond acceptors (Lipinski definition) is 7. The average Bonchev–Trinajstić information content (AvgIpc) is 2.96. The molecule has 0 aliphatic carbocycles. The molecule has 0 spiro atoms. The highest BCUT2D eigenvalue weighted by atomic mass is 16.2. The minimum Gasteiger partial charge on any atom is -0.326 e. The molecule has 0 atom stereocenters. The van der Waals surface area contributed by atoms with Gasteiger partial charge in [0.15, 0.2) is 0 Å². The minimum atomic E-state index is -0.253. The van der Waals surface area contributed by atoms with E-state index >= 15 is 0 Å². The summed E-state index contributed by atoms with van der Waals surface area (Å²) in [5.74, 6) is -0.506. The van der Waals surface area contributed by atoms with Crippen molar-refractivity contribution in [2.75, 3.05) is 0 Å². The first-order valence-corrected chi connectivity index (χ1v) is 8.70. The van der Waals surface area contributed by atoms with E-state index in [9.17, 15) is 9.59 Å². The molecule has 8 nitrogen and oxygen atoms in total. The molecular formula is C20H20N6O2. The van der Waals surface area contributed by atoms with Crippen LogP contribution in [0.4, 0.5) is 0 Å². The second kappa shape index (κ2) is 8.45. The number of imide groups is 1. The number of nitrogens with two attached hydrogens (primary N) is 1. The summed E-state index contributed by atoms with van der Waals surface area (Å²) in [6.45, 7) is 4.62. The molecule has 0 fully saturated rings. The lowest BCUT2D eigenvalue weighted by Crippen LogP contribution is -2.29.